The maximum Gasteiger partial charge on any atom is 0.244 e. The van der Waals surface area contributed by atoms with E-state index in [4.69, 9.17) is 4.74 Å². The Morgan fingerprint density at radius 3 is 2.09 bits per heavy atom. The Morgan fingerprint density at radius 2 is 1.62 bits per heavy atom. The molecule has 2 aromatic rings. The summed E-state index contributed by atoms with van der Waals surface area (Å²) in [5.74, 6) is -0.864. The van der Waals surface area contributed by atoms with Crippen molar-refractivity contribution in [2.75, 3.05) is 24.2 Å². The molecule has 0 bridgehead atoms. The monoisotopic (exact) mass is 493 g/mol. The molecule has 0 aliphatic carbocycles. The zero-order valence-corrected chi connectivity index (χ0v) is 21.1. The van der Waals surface area contributed by atoms with Gasteiger partial charge in [-0.2, -0.15) is 0 Å². The normalized spacial score (nSPS) is 12.6. The van der Waals surface area contributed by atoms with Gasteiger partial charge in [0.25, 0.3) is 0 Å². The van der Waals surface area contributed by atoms with Gasteiger partial charge in [-0.15, -0.1) is 0 Å². The Morgan fingerprint density at radius 1 is 1.06 bits per heavy atom. The second kappa shape index (κ2) is 10.9. The third kappa shape index (κ3) is 7.72. The number of anilines is 1. The molecule has 0 aliphatic heterocycles. The fourth-order valence-electron chi connectivity index (χ4n) is 3.21. The number of benzene rings is 2. The highest BCUT2D eigenvalue weighted by Crippen LogP contribution is 2.22. The Hall–Kier alpha value is -3.14. The molecule has 0 aliphatic rings. The minimum Gasteiger partial charge on any atom is -0.497 e. The van der Waals surface area contributed by atoms with E-state index in [9.17, 15) is 22.4 Å². The van der Waals surface area contributed by atoms with Crippen LogP contribution in [0.15, 0.2) is 48.5 Å². The maximum absolute atomic E-state index is 13.4. The summed E-state index contributed by atoms with van der Waals surface area (Å²) < 4.78 is 44.5. The van der Waals surface area contributed by atoms with E-state index in [1.54, 1.807) is 19.1 Å². The standard InChI is InChI=1S/C24H32FN3O5S/c1-17(23(30)26-24(2,3)4)27(15-18-7-9-19(25)10-8-18)22(29)16-28(34(6,31)32)20-11-13-21(33-5)14-12-20/h7-14,17H,15-16H2,1-6H3,(H,26,30)/t17-/m0/s1. The topological polar surface area (TPSA) is 96.0 Å². The van der Waals surface area contributed by atoms with Gasteiger partial charge in [-0.05, 0) is 69.7 Å². The van der Waals surface area contributed by atoms with Crippen LogP contribution in [0.1, 0.15) is 33.3 Å². The van der Waals surface area contributed by atoms with Crippen LogP contribution >= 0.6 is 0 Å². The van der Waals surface area contributed by atoms with Crippen LogP contribution in [-0.4, -0.2) is 56.6 Å². The van der Waals surface area contributed by atoms with E-state index in [0.29, 0.717) is 11.3 Å². The molecule has 0 saturated heterocycles. The average molecular weight is 494 g/mol. The molecule has 1 N–H and O–H groups in total. The Bertz CT molecular complexity index is 1100. The lowest BCUT2D eigenvalue weighted by atomic mass is 10.1. The lowest BCUT2D eigenvalue weighted by molar-refractivity contribution is -0.140. The lowest BCUT2D eigenvalue weighted by Crippen LogP contribution is -2.54. The molecule has 0 fully saturated rings. The molecular formula is C24H32FN3O5S. The summed E-state index contributed by atoms with van der Waals surface area (Å²) in [6.07, 6.45) is 1.00. The van der Waals surface area contributed by atoms with Crippen molar-refractivity contribution in [1.29, 1.82) is 0 Å². The molecule has 2 amide bonds. The van der Waals surface area contributed by atoms with Crippen LogP contribution in [0.2, 0.25) is 0 Å². The van der Waals surface area contributed by atoms with Gasteiger partial charge in [0.15, 0.2) is 0 Å². The van der Waals surface area contributed by atoms with Gasteiger partial charge in [0.1, 0.15) is 24.2 Å². The predicted molar refractivity (Wildman–Crippen MR) is 129 cm³/mol. The minimum absolute atomic E-state index is 0.00193. The number of nitrogens with one attached hydrogen (secondary N) is 1. The second-order valence-electron chi connectivity index (χ2n) is 9.03. The van der Waals surface area contributed by atoms with Gasteiger partial charge in [-0.1, -0.05) is 12.1 Å². The van der Waals surface area contributed by atoms with Crippen molar-refractivity contribution >= 4 is 27.5 Å². The quantitative estimate of drug-likeness (QED) is 0.580. The van der Waals surface area contributed by atoms with Crippen LogP contribution in [0.5, 0.6) is 5.75 Å². The molecule has 0 radical (unpaired) electrons. The fourth-order valence-corrected chi connectivity index (χ4v) is 4.05. The van der Waals surface area contributed by atoms with Crippen LogP contribution in [0.4, 0.5) is 10.1 Å². The zero-order chi connectivity index (χ0) is 25.7. The third-order valence-electron chi connectivity index (χ3n) is 4.97. The molecule has 0 spiro atoms. The van der Waals surface area contributed by atoms with Gasteiger partial charge >= 0.3 is 0 Å². The maximum atomic E-state index is 13.4. The third-order valence-corrected chi connectivity index (χ3v) is 6.11. The largest absolute Gasteiger partial charge is 0.497 e. The van der Waals surface area contributed by atoms with Crippen molar-refractivity contribution in [3.05, 3.63) is 59.9 Å². The molecule has 8 nitrogen and oxygen atoms in total. The summed E-state index contributed by atoms with van der Waals surface area (Å²) in [7, 11) is -2.33. The van der Waals surface area contributed by atoms with E-state index in [2.05, 4.69) is 5.32 Å². The Kier molecular flexibility index (Phi) is 8.66. The highest BCUT2D eigenvalue weighted by molar-refractivity contribution is 7.92. The number of nitrogens with zero attached hydrogens (tertiary/aromatic N) is 2. The predicted octanol–water partition coefficient (Wildman–Crippen LogP) is 2.93. The second-order valence-corrected chi connectivity index (χ2v) is 10.9. The van der Waals surface area contributed by atoms with Crippen molar-refractivity contribution in [2.24, 2.45) is 0 Å². The molecule has 0 unspecified atom stereocenters. The molecular weight excluding hydrogens is 461 g/mol. The number of amides is 2. The molecule has 10 heteroatoms. The SMILES string of the molecule is COc1ccc(N(CC(=O)N(Cc2ccc(F)cc2)[C@@H](C)C(=O)NC(C)(C)C)S(C)(=O)=O)cc1. The minimum atomic E-state index is -3.82. The average Bonchev–Trinajstić information content (AvgIpc) is 2.74. The zero-order valence-electron chi connectivity index (χ0n) is 20.3. The van der Waals surface area contributed by atoms with Crippen molar-refractivity contribution in [2.45, 2.75) is 45.8 Å². The van der Waals surface area contributed by atoms with E-state index < -0.39 is 45.8 Å². The highest BCUT2D eigenvalue weighted by atomic mass is 32.2. The molecule has 2 rings (SSSR count). The van der Waals surface area contributed by atoms with E-state index >= 15 is 0 Å². The van der Waals surface area contributed by atoms with Crippen molar-refractivity contribution < 1.29 is 27.1 Å². The number of carbonyl (C=O) groups is 2. The number of hydrogen-bond donors (Lipinski definition) is 1. The number of carbonyl (C=O) groups excluding carboxylic acids is 2. The first-order valence-corrected chi connectivity index (χ1v) is 12.5. The van der Waals surface area contributed by atoms with Gasteiger partial charge in [0, 0.05) is 12.1 Å². The smallest absolute Gasteiger partial charge is 0.244 e. The highest BCUT2D eigenvalue weighted by Gasteiger charge is 2.31. The molecule has 2 aromatic carbocycles. The van der Waals surface area contributed by atoms with Gasteiger partial charge in [0.2, 0.25) is 21.8 Å². The first-order valence-electron chi connectivity index (χ1n) is 10.7. The van der Waals surface area contributed by atoms with E-state index in [1.807, 2.05) is 20.8 Å². The Balaban J connectivity index is 2.38. The van der Waals surface area contributed by atoms with Crippen LogP contribution in [0, 0.1) is 5.82 Å². The fraction of sp³-hybridized carbons (Fsp3) is 0.417. The number of halogens is 1. The summed E-state index contributed by atoms with van der Waals surface area (Å²) >= 11 is 0. The van der Waals surface area contributed by atoms with Crippen molar-refractivity contribution in [3.63, 3.8) is 0 Å². The molecule has 34 heavy (non-hydrogen) atoms. The summed E-state index contributed by atoms with van der Waals surface area (Å²) in [5.41, 5.74) is 0.350. The van der Waals surface area contributed by atoms with Gasteiger partial charge < -0.3 is 15.0 Å². The van der Waals surface area contributed by atoms with Crippen LogP contribution in [0.25, 0.3) is 0 Å². The molecule has 0 aromatic heterocycles. The van der Waals surface area contributed by atoms with Crippen LogP contribution < -0.4 is 14.4 Å². The molecule has 0 heterocycles. The van der Waals surface area contributed by atoms with Crippen molar-refractivity contribution in [3.8, 4) is 5.75 Å². The van der Waals surface area contributed by atoms with E-state index in [0.717, 1.165) is 10.6 Å². The molecule has 0 saturated carbocycles. The first-order chi connectivity index (χ1) is 15.7. The number of sulfonamides is 1. The first kappa shape index (κ1) is 27.1. The van der Waals surface area contributed by atoms with Crippen LogP contribution in [-0.2, 0) is 26.2 Å². The molecule has 1 atom stereocenters. The van der Waals surface area contributed by atoms with E-state index in [-0.39, 0.29) is 12.2 Å². The summed E-state index contributed by atoms with van der Waals surface area (Å²) in [6.45, 7) is 6.51. The van der Waals surface area contributed by atoms with Gasteiger partial charge in [-0.25, -0.2) is 12.8 Å². The Labute approximate surface area is 200 Å². The van der Waals surface area contributed by atoms with Gasteiger partial charge in [-0.3, -0.25) is 13.9 Å². The number of rotatable bonds is 9. The van der Waals surface area contributed by atoms with E-state index in [1.165, 1.54) is 48.4 Å². The number of methoxy groups -OCH3 is 1. The summed E-state index contributed by atoms with van der Waals surface area (Å²) in [4.78, 5) is 27.6. The summed E-state index contributed by atoms with van der Waals surface area (Å²) in [5, 5.41) is 2.84. The summed E-state index contributed by atoms with van der Waals surface area (Å²) in [6, 6.07) is 10.9. The van der Waals surface area contributed by atoms with Crippen molar-refractivity contribution in [1.82, 2.24) is 10.2 Å². The number of ether oxygens (including phenoxy) is 1. The number of hydrogen-bond acceptors (Lipinski definition) is 5. The molecule has 186 valence electrons. The van der Waals surface area contributed by atoms with Crippen LogP contribution in [0.3, 0.4) is 0 Å². The van der Waals surface area contributed by atoms with Gasteiger partial charge in [0.05, 0.1) is 19.1 Å². The lowest BCUT2D eigenvalue weighted by Gasteiger charge is -2.33.